The van der Waals surface area contributed by atoms with Crippen molar-refractivity contribution < 1.29 is 9.18 Å². The first kappa shape index (κ1) is 14.5. The predicted molar refractivity (Wildman–Crippen MR) is 78.2 cm³/mol. The van der Waals surface area contributed by atoms with Gasteiger partial charge in [-0.05, 0) is 52.3 Å². The van der Waals surface area contributed by atoms with Gasteiger partial charge in [-0.3, -0.25) is 4.79 Å². The maximum atomic E-state index is 13.4. The third kappa shape index (κ3) is 3.16. The van der Waals surface area contributed by atoms with Crippen LogP contribution >= 0.6 is 27.5 Å². The fraction of sp³-hybridized carbons (Fsp3) is 0. The molecule has 0 aromatic heterocycles. The van der Waals surface area contributed by atoms with Crippen LogP contribution in [0.1, 0.15) is 15.9 Å². The predicted octanol–water partition coefficient (Wildman–Crippen LogP) is 4.37. The first-order valence-electron chi connectivity index (χ1n) is 5.47. The average molecular weight is 354 g/mol. The summed E-state index contributed by atoms with van der Waals surface area (Å²) >= 11 is 8.81. The molecular formula is C14H7BrClFN2O. The zero-order valence-electron chi connectivity index (χ0n) is 9.95. The number of carbonyl (C=O) groups excluding carboxylic acids is 1. The van der Waals surface area contributed by atoms with Crippen LogP contribution in [0.25, 0.3) is 0 Å². The van der Waals surface area contributed by atoms with Crippen molar-refractivity contribution in [2.75, 3.05) is 5.32 Å². The van der Waals surface area contributed by atoms with Crippen LogP contribution in [0.4, 0.5) is 10.1 Å². The second-order valence-corrected chi connectivity index (χ2v) is 5.15. The molecule has 100 valence electrons. The molecule has 3 nitrogen and oxygen atoms in total. The van der Waals surface area contributed by atoms with E-state index in [1.807, 2.05) is 6.07 Å². The molecule has 1 N–H and O–H groups in total. The number of nitrogens with zero attached hydrogens (tertiary/aromatic N) is 1. The molecule has 2 rings (SSSR count). The Morgan fingerprint density at radius 3 is 2.70 bits per heavy atom. The summed E-state index contributed by atoms with van der Waals surface area (Å²) in [6, 6.07) is 10.5. The Hall–Kier alpha value is -1.90. The zero-order valence-corrected chi connectivity index (χ0v) is 12.3. The topological polar surface area (TPSA) is 52.9 Å². The molecule has 0 atom stereocenters. The Kier molecular flexibility index (Phi) is 4.38. The molecule has 0 fully saturated rings. The van der Waals surface area contributed by atoms with Gasteiger partial charge < -0.3 is 5.32 Å². The van der Waals surface area contributed by atoms with E-state index in [4.69, 9.17) is 16.9 Å². The molecule has 20 heavy (non-hydrogen) atoms. The van der Waals surface area contributed by atoms with Gasteiger partial charge in [-0.25, -0.2) is 4.39 Å². The molecule has 6 heteroatoms. The van der Waals surface area contributed by atoms with Crippen LogP contribution in [-0.2, 0) is 0 Å². The lowest BCUT2D eigenvalue weighted by Crippen LogP contribution is -2.12. The fourth-order valence-corrected chi connectivity index (χ4v) is 1.94. The van der Waals surface area contributed by atoms with Gasteiger partial charge in [0.1, 0.15) is 11.9 Å². The Bertz CT molecular complexity index is 728. The number of nitrogens with one attached hydrogen (secondary N) is 1. The fourth-order valence-electron chi connectivity index (χ4n) is 1.53. The van der Waals surface area contributed by atoms with Crippen LogP contribution in [0.2, 0.25) is 5.02 Å². The number of amides is 1. The van der Waals surface area contributed by atoms with Crippen molar-refractivity contribution >= 4 is 39.1 Å². The van der Waals surface area contributed by atoms with Gasteiger partial charge in [0, 0.05) is 11.3 Å². The first-order chi connectivity index (χ1) is 9.51. The lowest BCUT2D eigenvalue weighted by molar-refractivity contribution is 0.102. The lowest BCUT2D eigenvalue weighted by atomic mass is 10.2. The van der Waals surface area contributed by atoms with Gasteiger partial charge in [0.2, 0.25) is 0 Å². The number of hydrogen-bond acceptors (Lipinski definition) is 2. The van der Waals surface area contributed by atoms with Crippen molar-refractivity contribution in [1.29, 1.82) is 5.26 Å². The maximum absolute atomic E-state index is 13.4. The molecule has 0 saturated heterocycles. The van der Waals surface area contributed by atoms with Crippen molar-refractivity contribution in [3.8, 4) is 6.07 Å². The van der Waals surface area contributed by atoms with Crippen molar-refractivity contribution in [3.63, 3.8) is 0 Å². The largest absolute Gasteiger partial charge is 0.322 e. The summed E-state index contributed by atoms with van der Waals surface area (Å²) in [5.74, 6) is -0.992. The van der Waals surface area contributed by atoms with E-state index in [9.17, 15) is 9.18 Å². The van der Waals surface area contributed by atoms with Crippen LogP contribution in [0.3, 0.4) is 0 Å². The maximum Gasteiger partial charge on any atom is 0.255 e. The molecule has 0 aliphatic heterocycles. The van der Waals surface area contributed by atoms with Gasteiger partial charge in [-0.1, -0.05) is 11.6 Å². The molecule has 2 aromatic carbocycles. The van der Waals surface area contributed by atoms with E-state index in [1.54, 1.807) is 6.07 Å². The molecule has 1 amide bonds. The molecule has 2 aromatic rings. The van der Waals surface area contributed by atoms with Crippen LogP contribution in [0, 0.1) is 17.1 Å². The molecule has 0 spiro atoms. The van der Waals surface area contributed by atoms with Crippen LogP contribution in [0.15, 0.2) is 40.9 Å². The number of rotatable bonds is 2. The lowest BCUT2D eigenvalue weighted by Gasteiger charge is -2.07. The highest BCUT2D eigenvalue weighted by molar-refractivity contribution is 9.10. The van der Waals surface area contributed by atoms with Gasteiger partial charge in [0.15, 0.2) is 0 Å². The Morgan fingerprint density at radius 2 is 2.05 bits per heavy atom. The highest BCUT2D eigenvalue weighted by atomic mass is 79.9. The molecule has 0 aliphatic rings. The third-order valence-electron chi connectivity index (χ3n) is 2.53. The van der Waals surface area contributed by atoms with Crippen LogP contribution in [0.5, 0.6) is 0 Å². The van der Waals surface area contributed by atoms with Crippen molar-refractivity contribution in [1.82, 2.24) is 0 Å². The minimum Gasteiger partial charge on any atom is -0.322 e. The van der Waals surface area contributed by atoms with E-state index in [0.717, 1.165) is 6.07 Å². The SMILES string of the molecule is N#Cc1cc(NC(=O)c2ccc(Br)c(F)c2)ccc1Cl. The molecule has 0 radical (unpaired) electrons. The molecular weight excluding hydrogens is 347 g/mol. The minimum absolute atomic E-state index is 0.180. The monoisotopic (exact) mass is 352 g/mol. The summed E-state index contributed by atoms with van der Waals surface area (Å²) in [5.41, 5.74) is 0.852. The molecule has 0 aliphatic carbocycles. The quantitative estimate of drug-likeness (QED) is 0.872. The van der Waals surface area contributed by atoms with Crippen LogP contribution in [-0.4, -0.2) is 5.91 Å². The first-order valence-corrected chi connectivity index (χ1v) is 6.64. The Morgan fingerprint density at radius 1 is 1.30 bits per heavy atom. The van der Waals surface area contributed by atoms with Crippen LogP contribution < -0.4 is 5.32 Å². The summed E-state index contributed by atoms with van der Waals surface area (Å²) in [6.45, 7) is 0. The van der Waals surface area contributed by atoms with E-state index >= 15 is 0 Å². The highest BCUT2D eigenvalue weighted by Gasteiger charge is 2.10. The zero-order chi connectivity index (χ0) is 14.7. The van der Waals surface area contributed by atoms with E-state index in [2.05, 4.69) is 21.2 Å². The summed E-state index contributed by atoms with van der Waals surface area (Å²) in [4.78, 5) is 12.0. The van der Waals surface area contributed by atoms with E-state index in [0.29, 0.717) is 10.7 Å². The normalized spacial score (nSPS) is 9.90. The number of carbonyl (C=O) groups is 1. The van der Waals surface area contributed by atoms with Gasteiger partial charge in [-0.15, -0.1) is 0 Å². The Labute approximate surface area is 128 Å². The van der Waals surface area contributed by atoms with Crippen molar-refractivity contribution in [3.05, 3.63) is 62.8 Å². The summed E-state index contributed by atoms with van der Waals surface area (Å²) in [5, 5.41) is 11.7. The van der Waals surface area contributed by atoms with Gasteiger partial charge in [0.25, 0.3) is 5.91 Å². The van der Waals surface area contributed by atoms with E-state index in [1.165, 1.54) is 24.3 Å². The smallest absolute Gasteiger partial charge is 0.255 e. The standard InChI is InChI=1S/C14H7BrClFN2O/c15-11-3-1-8(6-13(11)17)14(20)19-10-2-4-12(16)9(5-10)7-18/h1-6H,(H,19,20). The number of halogens is 3. The number of anilines is 1. The second-order valence-electron chi connectivity index (χ2n) is 3.89. The number of nitriles is 1. The van der Waals surface area contributed by atoms with Crippen molar-refractivity contribution in [2.45, 2.75) is 0 Å². The summed E-state index contributed by atoms with van der Waals surface area (Å²) in [6.07, 6.45) is 0. The number of hydrogen-bond donors (Lipinski definition) is 1. The number of benzene rings is 2. The van der Waals surface area contributed by atoms with Gasteiger partial charge >= 0.3 is 0 Å². The highest BCUT2D eigenvalue weighted by Crippen LogP contribution is 2.21. The van der Waals surface area contributed by atoms with E-state index in [-0.39, 0.29) is 15.6 Å². The molecule has 0 saturated carbocycles. The molecule has 0 unspecified atom stereocenters. The average Bonchev–Trinajstić information content (AvgIpc) is 2.43. The molecule has 0 bridgehead atoms. The summed E-state index contributed by atoms with van der Waals surface area (Å²) in [7, 11) is 0. The van der Waals surface area contributed by atoms with Gasteiger partial charge in [-0.2, -0.15) is 5.26 Å². The summed E-state index contributed by atoms with van der Waals surface area (Å²) < 4.78 is 13.6. The van der Waals surface area contributed by atoms with Gasteiger partial charge in [0.05, 0.1) is 15.1 Å². The van der Waals surface area contributed by atoms with E-state index < -0.39 is 11.7 Å². The Balaban J connectivity index is 2.23. The third-order valence-corrected chi connectivity index (χ3v) is 3.50. The second kappa shape index (κ2) is 6.04. The molecule has 0 heterocycles. The van der Waals surface area contributed by atoms with Crippen molar-refractivity contribution in [2.24, 2.45) is 0 Å². The minimum atomic E-state index is -0.522.